The highest BCUT2D eigenvalue weighted by molar-refractivity contribution is 5.13. The van der Waals surface area contributed by atoms with Crippen molar-refractivity contribution in [3.8, 4) is 0 Å². The van der Waals surface area contributed by atoms with Crippen LogP contribution in [0.2, 0.25) is 0 Å². The molecule has 1 unspecified atom stereocenters. The van der Waals surface area contributed by atoms with Crippen molar-refractivity contribution in [1.82, 2.24) is 4.98 Å². The summed E-state index contributed by atoms with van der Waals surface area (Å²) in [6, 6.07) is 4.20. The summed E-state index contributed by atoms with van der Waals surface area (Å²) in [7, 11) is 0. The summed E-state index contributed by atoms with van der Waals surface area (Å²) >= 11 is 0. The largest absolute Gasteiger partial charge is 0.324 e. The Bertz CT molecular complexity index is 233. The highest BCUT2D eigenvalue weighted by Gasteiger charge is 2.03. The van der Waals surface area contributed by atoms with E-state index in [2.05, 4.69) is 11.9 Å². The molecule has 0 amide bonds. The summed E-state index contributed by atoms with van der Waals surface area (Å²) in [6.07, 6.45) is 9.84. The van der Waals surface area contributed by atoms with Crippen LogP contribution in [0.3, 0.4) is 0 Å². The lowest BCUT2D eigenvalue weighted by Gasteiger charge is -2.10. The molecule has 0 aromatic carbocycles. The minimum Gasteiger partial charge on any atom is -0.324 e. The van der Waals surface area contributed by atoms with Crippen LogP contribution in [0.5, 0.6) is 0 Å². The van der Waals surface area contributed by atoms with Gasteiger partial charge in [0, 0.05) is 18.4 Å². The van der Waals surface area contributed by atoms with Gasteiger partial charge in [-0.3, -0.25) is 4.98 Å². The molecule has 1 heterocycles. The summed E-state index contributed by atoms with van der Waals surface area (Å²) < 4.78 is 0. The van der Waals surface area contributed by atoms with Crippen LogP contribution in [0, 0.1) is 0 Å². The molecular weight excluding hydrogens is 172 g/mol. The van der Waals surface area contributed by atoms with Crippen molar-refractivity contribution in [2.75, 3.05) is 0 Å². The Morgan fingerprint density at radius 1 is 1.21 bits per heavy atom. The molecule has 0 saturated carbocycles. The molecule has 1 aromatic heterocycles. The van der Waals surface area contributed by atoms with Gasteiger partial charge in [-0.05, 0) is 24.1 Å². The molecule has 2 N–H and O–H groups in total. The fraction of sp³-hybridized carbons (Fsp3) is 0.583. The summed E-state index contributed by atoms with van der Waals surface area (Å²) in [5.41, 5.74) is 7.25. The minimum atomic E-state index is 0.190. The van der Waals surface area contributed by atoms with Gasteiger partial charge in [-0.1, -0.05) is 32.6 Å². The molecule has 1 aromatic rings. The molecule has 78 valence electrons. The van der Waals surface area contributed by atoms with Crippen molar-refractivity contribution in [2.45, 2.75) is 45.1 Å². The Hall–Kier alpha value is -0.890. The smallest absolute Gasteiger partial charge is 0.0295 e. The molecule has 0 saturated heterocycles. The predicted octanol–water partition coefficient (Wildman–Crippen LogP) is 3.05. The first kappa shape index (κ1) is 11.2. The van der Waals surface area contributed by atoms with Crippen molar-refractivity contribution < 1.29 is 0 Å². The van der Waals surface area contributed by atoms with Crippen LogP contribution in [0.4, 0.5) is 0 Å². The molecule has 0 radical (unpaired) electrons. The van der Waals surface area contributed by atoms with Crippen molar-refractivity contribution in [1.29, 1.82) is 0 Å². The lowest BCUT2D eigenvalue weighted by molar-refractivity contribution is 0.566. The maximum Gasteiger partial charge on any atom is 0.0295 e. The number of hydrogen-bond donors (Lipinski definition) is 1. The number of rotatable bonds is 6. The molecule has 14 heavy (non-hydrogen) atoms. The number of nitrogens with two attached hydrogens (primary N) is 1. The molecule has 0 aliphatic rings. The van der Waals surface area contributed by atoms with Gasteiger partial charge >= 0.3 is 0 Å². The normalized spacial score (nSPS) is 12.7. The fourth-order valence-corrected chi connectivity index (χ4v) is 1.57. The zero-order valence-corrected chi connectivity index (χ0v) is 8.95. The van der Waals surface area contributed by atoms with Crippen molar-refractivity contribution in [3.63, 3.8) is 0 Å². The quantitative estimate of drug-likeness (QED) is 0.703. The van der Waals surface area contributed by atoms with Gasteiger partial charge in [0.2, 0.25) is 0 Å². The number of unbranched alkanes of at least 4 members (excludes halogenated alkanes) is 3. The zero-order chi connectivity index (χ0) is 10.2. The van der Waals surface area contributed by atoms with Gasteiger partial charge in [0.15, 0.2) is 0 Å². The van der Waals surface area contributed by atoms with Crippen LogP contribution in [-0.4, -0.2) is 4.98 Å². The second-order valence-electron chi connectivity index (χ2n) is 3.74. The van der Waals surface area contributed by atoms with Crippen LogP contribution in [0.1, 0.15) is 50.6 Å². The van der Waals surface area contributed by atoms with Gasteiger partial charge in [0.05, 0.1) is 0 Å². The lowest BCUT2D eigenvalue weighted by Crippen LogP contribution is -2.09. The summed E-state index contributed by atoms with van der Waals surface area (Å²) in [5, 5.41) is 0. The standard InChI is InChI=1S/C12H20N2/c1-2-3-4-5-6-12(13)11-7-9-14-10-8-11/h7-10,12H,2-6,13H2,1H3. The van der Waals surface area contributed by atoms with Gasteiger partial charge in [-0.15, -0.1) is 0 Å². The molecular formula is C12H20N2. The van der Waals surface area contributed by atoms with E-state index in [-0.39, 0.29) is 6.04 Å². The topological polar surface area (TPSA) is 38.9 Å². The molecule has 0 aliphatic carbocycles. The van der Waals surface area contributed by atoms with Crippen LogP contribution >= 0.6 is 0 Å². The van der Waals surface area contributed by atoms with Crippen LogP contribution in [0.15, 0.2) is 24.5 Å². The van der Waals surface area contributed by atoms with E-state index in [1.807, 2.05) is 12.1 Å². The molecule has 0 spiro atoms. The third kappa shape index (κ3) is 3.88. The molecule has 0 fully saturated rings. The van der Waals surface area contributed by atoms with Crippen LogP contribution in [-0.2, 0) is 0 Å². The van der Waals surface area contributed by atoms with Gasteiger partial charge in [-0.2, -0.15) is 0 Å². The molecule has 0 aliphatic heterocycles. The third-order valence-electron chi connectivity index (χ3n) is 2.50. The van der Waals surface area contributed by atoms with E-state index in [1.165, 1.54) is 31.2 Å². The fourth-order valence-electron chi connectivity index (χ4n) is 1.57. The molecule has 2 nitrogen and oxygen atoms in total. The average Bonchev–Trinajstić information content (AvgIpc) is 2.25. The van der Waals surface area contributed by atoms with E-state index in [0.29, 0.717) is 0 Å². The summed E-state index contributed by atoms with van der Waals surface area (Å²) in [5.74, 6) is 0. The number of pyridine rings is 1. The minimum absolute atomic E-state index is 0.190. The van der Waals surface area contributed by atoms with Crippen molar-refractivity contribution >= 4 is 0 Å². The second-order valence-corrected chi connectivity index (χ2v) is 3.74. The SMILES string of the molecule is CCCCCCC(N)c1ccncc1. The number of hydrogen-bond acceptors (Lipinski definition) is 2. The van der Waals surface area contributed by atoms with Gasteiger partial charge in [-0.25, -0.2) is 0 Å². The first-order valence-electron chi connectivity index (χ1n) is 5.50. The number of aromatic nitrogens is 1. The Balaban J connectivity index is 2.25. The molecule has 1 rings (SSSR count). The van der Waals surface area contributed by atoms with E-state index in [1.54, 1.807) is 12.4 Å². The van der Waals surface area contributed by atoms with Crippen molar-refractivity contribution in [3.05, 3.63) is 30.1 Å². The van der Waals surface area contributed by atoms with Gasteiger partial charge < -0.3 is 5.73 Å². The Kier molecular flexibility index (Phi) is 5.23. The lowest BCUT2D eigenvalue weighted by atomic mass is 10.0. The van der Waals surface area contributed by atoms with Crippen molar-refractivity contribution in [2.24, 2.45) is 5.73 Å². The van der Waals surface area contributed by atoms with Gasteiger partial charge in [0.1, 0.15) is 0 Å². The first-order chi connectivity index (χ1) is 6.84. The average molecular weight is 192 g/mol. The predicted molar refractivity (Wildman–Crippen MR) is 59.9 cm³/mol. The van der Waals surface area contributed by atoms with E-state index in [0.717, 1.165) is 6.42 Å². The van der Waals surface area contributed by atoms with Gasteiger partial charge in [0.25, 0.3) is 0 Å². The second kappa shape index (κ2) is 6.55. The summed E-state index contributed by atoms with van der Waals surface area (Å²) in [4.78, 5) is 3.98. The maximum atomic E-state index is 6.05. The van der Waals surface area contributed by atoms with E-state index >= 15 is 0 Å². The van der Waals surface area contributed by atoms with E-state index < -0.39 is 0 Å². The molecule has 1 atom stereocenters. The Labute approximate surface area is 86.5 Å². The molecule has 0 bridgehead atoms. The Morgan fingerprint density at radius 2 is 1.93 bits per heavy atom. The van der Waals surface area contributed by atoms with E-state index in [4.69, 9.17) is 5.73 Å². The van der Waals surface area contributed by atoms with Crippen LogP contribution < -0.4 is 5.73 Å². The zero-order valence-electron chi connectivity index (χ0n) is 8.95. The third-order valence-corrected chi connectivity index (χ3v) is 2.50. The number of nitrogens with zero attached hydrogens (tertiary/aromatic N) is 1. The first-order valence-corrected chi connectivity index (χ1v) is 5.50. The highest BCUT2D eigenvalue weighted by atomic mass is 14.6. The maximum absolute atomic E-state index is 6.05. The highest BCUT2D eigenvalue weighted by Crippen LogP contribution is 2.16. The monoisotopic (exact) mass is 192 g/mol. The summed E-state index contributed by atoms with van der Waals surface area (Å²) in [6.45, 7) is 2.22. The molecule has 2 heteroatoms. The Morgan fingerprint density at radius 3 is 2.57 bits per heavy atom. The van der Waals surface area contributed by atoms with E-state index in [9.17, 15) is 0 Å². The van der Waals surface area contributed by atoms with Crippen LogP contribution in [0.25, 0.3) is 0 Å².